The van der Waals surface area contributed by atoms with Gasteiger partial charge in [-0.15, -0.1) is 0 Å². The highest BCUT2D eigenvalue weighted by molar-refractivity contribution is 6.30. The van der Waals surface area contributed by atoms with Crippen molar-refractivity contribution in [3.05, 3.63) is 47.2 Å². The molecule has 29 heavy (non-hydrogen) atoms. The van der Waals surface area contributed by atoms with Crippen LogP contribution in [0.2, 0.25) is 5.02 Å². The molecule has 2 aliphatic rings. The second-order valence-corrected chi connectivity index (χ2v) is 8.10. The second kappa shape index (κ2) is 7.18. The number of piperazine rings is 1. The van der Waals surface area contributed by atoms with Gasteiger partial charge in [0, 0.05) is 43.8 Å². The molecule has 152 valence electrons. The summed E-state index contributed by atoms with van der Waals surface area (Å²) in [4.78, 5) is 43.1. The second-order valence-electron chi connectivity index (χ2n) is 7.67. The number of likely N-dealkylation sites (tertiary alicyclic amines) is 1. The third-order valence-electron chi connectivity index (χ3n) is 5.71. The molecule has 2 saturated heterocycles. The zero-order chi connectivity index (χ0) is 20.8. The van der Waals surface area contributed by atoms with Gasteiger partial charge in [-0.05, 0) is 30.7 Å². The first kappa shape index (κ1) is 19.4. The Hall–Kier alpha value is -2.87. The third-order valence-corrected chi connectivity index (χ3v) is 5.97. The Balaban J connectivity index is 1.61. The van der Waals surface area contributed by atoms with Crippen LogP contribution in [0.1, 0.15) is 23.7 Å². The number of anilines is 1. The SMILES string of the molecule is CC(=O)N1CC(=O)N(c2cnn(C)c2)C[C@]12CCN(C(=O)c1ccc(Cl)cc1)C2. The molecular weight excluding hydrogens is 394 g/mol. The molecule has 0 unspecified atom stereocenters. The maximum atomic E-state index is 13.0. The van der Waals surface area contributed by atoms with Gasteiger partial charge in [0.2, 0.25) is 11.8 Å². The molecule has 4 rings (SSSR count). The van der Waals surface area contributed by atoms with Gasteiger partial charge in [-0.2, -0.15) is 5.10 Å². The summed E-state index contributed by atoms with van der Waals surface area (Å²) in [7, 11) is 1.79. The minimum absolute atomic E-state index is 0.00674. The van der Waals surface area contributed by atoms with E-state index in [1.54, 1.807) is 63.1 Å². The molecule has 2 fully saturated rings. The Morgan fingerprint density at radius 3 is 2.52 bits per heavy atom. The maximum absolute atomic E-state index is 13.0. The molecule has 1 aromatic heterocycles. The number of carbonyl (C=O) groups excluding carboxylic acids is 3. The Morgan fingerprint density at radius 2 is 1.90 bits per heavy atom. The third kappa shape index (κ3) is 3.48. The van der Waals surface area contributed by atoms with E-state index in [1.807, 2.05) is 0 Å². The lowest BCUT2D eigenvalue weighted by atomic mass is 9.92. The van der Waals surface area contributed by atoms with Crippen LogP contribution in [-0.2, 0) is 16.6 Å². The Morgan fingerprint density at radius 1 is 1.17 bits per heavy atom. The van der Waals surface area contributed by atoms with Crippen LogP contribution in [0.15, 0.2) is 36.7 Å². The lowest BCUT2D eigenvalue weighted by Crippen LogP contribution is -2.67. The van der Waals surface area contributed by atoms with Crippen molar-refractivity contribution in [3.8, 4) is 0 Å². The van der Waals surface area contributed by atoms with E-state index in [-0.39, 0.29) is 24.3 Å². The first-order valence-corrected chi connectivity index (χ1v) is 9.79. The number of aromatic nitrogens is 2. The van der Waals surface area contributed by atoms with Gasteiger partial charge in [0.25, 0.3) is 5.91 Å². The van der Waals surface area contributed by atoms with Crippen molar-refractivity contribution in [2.45, 2.75) is 18.9 Å². The summed E-state index contributed by atoms with van der Waals surface area (Å²) in [6.45, 7) is 2.69. The van der Waals surface area contributed by atoms with Crippen LogP contribution in [0.3, 0.4) is 0 Å². The van der Waals surface area contributed by atoms with Crippen molar-refractivity contribution in [1.29, 1.82) is 0 Å². The first-order valence-electron chi connectivity index (χ1n) is 9.41. The smallest absolute Gasteiger partial charge is 0.253 e. The number of carbonyl (C=O) groups is 3. The van der Waals surface area contributed by atoms with Gasteiger partial charge in [-0.3, -0.25) is 19.1 Å². The number of rotatable bonds is 2. The summed E-state index contributed by atoms with van der Waals surface area (Å²) in [6.07, 6.45) is 4.02. The van der Waals surface area contributed by atoms with Crippen LogP contribution in [0.25, 0.3) is 0 Å². The fraction of sp³-hybridized carbons (Fsp3) is 0.400. The molecule has 9 heteroatoms. The summed E-state index contributed by atoms with van der Waals surface area (Å²) >= 11 is 5.92. The molecular formula is C20H22ClN5O3. The fourth-order valence-electron chi connectivity index (χ4n) is 4.24. The molecule has 1 aromatic carbocycles. The summed E-state index contributed by atoms with van der Waals surface area (Å²) in [5.41, 5.74) is 0.636. The molecule has 0 N–H and O–H groups in total. The van der Waals surface area contributed by atoms with E-state index in [1.165, 1.54) is 6.92 Å². The monoisotopic (exact) mass is 415 g/mol. The van der Waals surface area contributed by atoms with E-state index in [0.717, 1.165) is 0 Å². The molecule has 8 nitrogen and oxygen atoms in total. The number of halogens is 1. The normalized spacial score (nSPS) is 21.9. The van der Waals surface area contributed by atoms with Crippen LogP contribution in [0.5, 0.6) is 0 Å². The summed E-state index contributed by atoms with van der Waals surface area (Å²) in [5.74, 6) is -0.418. The Bertz CT molecular complexity index is 973. The van der Waals surface area contributed by atoms with E-state index in [4.69, 9.17) is 11.6 Å². The highest BCUT2D eigenvalue weighted by atomic mass is 35.5. The van der Waals surface area contributed by atoms with Crippen molar-refractivity contribution in [3.63, 3.8) is 0 Å². The largest absolute Gasteiger partial charge is 0.336 e. The quantitative estimate of drug-likeness (QED) is 0.745. The lowest BCUT2D eigenvalue weighted by Gasteiger charge is -2.47. The van der Waals surface area contributed by atoms with E-state index in [9.17, 15) is 14.4 Å². The van der Waals surface area contributed by atoms with Crippen molar-refractivity contribution >= 4 is 35.0 Å². The molecule has 2 aliphatic heterocycles. The summed E-state index contributed by atoms with van der Waals surface area (Å²) in [5, 5.41) is 4.72. The molecule has 3 heterocycles. The van der Waals surface area contributed by atoms with Crippen LogP contribution >= 0.6 is 11.6 Å². The summed E-state index contributed by atoms with van der Waals surface area (Å²) < 4.78 is 1.64. The minimum Gasteiger partial charge on any atom is -0.336 e. The molecule has 0 radical (unpaired) electrons. The van der Waals surface area contributed by atoms with Crippen molar-refractivity contribution in [1.82, 2.24) is 19.6 Å². The maximum Gasteiger partial charge on any atom is 0.253 e. The lowest BCUT2D eigenvalue weighted by molar-refractivity contribution is -0.142. The predicted octanol–water partition coefficient (Wildman–Crippen LogP) is 1.55. The highest BCUT2D eigenvalue weighted by Gasteiger charge is 2.51. The molecule has 0 saturated carbocycles. The van der Waals surface area contributed by atoms with Gasteiger partial charge in [-0.1, -0.05) is 11.6 Å². The number of aryl methyl sites for hydroxylation is 1. The number of nitrogens with zero attached hydrogens (tertiary/aromatic N) is 5. The number of amides is 3. The highest BCUT2D eigenvalue weighted by Crippen LogP contribution is 2.35. The fourth-order valence-corrected chi connectivity index (χ4v) is 4.36. The van der Waals surface area contributed by atoms with Crippen molar-refractivity contribution in [2.24, 2.45) is 7.05 Å². The van der Waals surface area contributed by atoms with Gasteiger partial charge in [0.1, 0.15) is 6.54 Å². The topological polar surface area (TPSA) is 78.8 Å². The minimum atomic E-state index is -0.613. The number of hydrogen-bond donors (Lipinski definition) is 0. The predicted molar refractivity (Wildman–Crippen MR) is 108 cm³/mol. The van der Waals surface area contributed by atoms with E-state index in [2.05, 4.69) is 5.10 Å². The Kier molecular flexibility index (Phi) is 4.82. The van der Waals surface area contributed by atoms with Gasteiger partial charge >= 0.3 is 0 Å². The average molecular weight is 416 g/mol. The van der Waals surface area contributed by atoms with Crippen LogP contribution in [0, 0.1) is 0 Å². The van der Waals surface area contributed by atoms with E-state index < -0.39 is 5.54 Å². The molecule has 0 bridgehead atoms. The van der Waals surface area contributed by atoms with Gasteiger partial charge < -0.3 is 14.7 Å². The average Bonchev–Trinajstić information content (AvgIpc) is 3.30. The van der Waals surface area contributed by atoms with Crippen molar-refractivity contribution < 1.29 is 14.4 Å². The number of hydrogen-bond acceptors (Lipinski definition) is 4. The molecule has 3 amide bonds. The van der Waals surface area contributed by atoms with Crippen LogP contribution in [-0.4, -0.2) is 69.0 Å². The molecule has 1 spiro atoms. The molecule has 0 aliphatic carbocycles. The standard InChI is InChI=1S/C20H22ClN5O3/c1-14(27)26-11-18(28)25(17-9-22-23(2)10-17)13-20(26)7-8-24(12-20)19(29)15-3-5-16(21)6-4-15/h3-6,9-10H,7-8,11-13H2,1-2H3/t20-/m1/s1. The molecule has 1 atom stereocenters. The number of benzene rings is 1. The summed E-state index contributed by atoms with van der Waals surface area (Å²) in [6, 6.07) is 6.77. The molecule has 2 aromatic rings. The van der Waals surface area contributed by atoms with Crippen molar-refractivity contribution in [2.75, 3.05) is 31.1 Å². The van der Waals surface area contributed by atoms with Crippen LogP contribution < -0.4 is 4.90 Å². The first-order chi connectivity index (χ1) is 13.8. The van der Waals surface area contributed by atoms with E-state index >= 15 is 0 Å². The van der Waals surface area contributed by atoms with Crippen LogP contribution in [0.4, 0.5) is 5.69 Å². The Labute approximate surface area is 173 Å². The van der Waals surface area contributed by atoms with Gasteiger partial charge in [0.05, 0.1) is 24.0 Å². The van der Waals surface area contributed by atoms with Gasteiger partial charge in [-0.25, -0.2) is 0 Å². The van der Waals surface area contributed by atoms with Gasteiger partial charge in [0.15, 0.2) is 0 Å². The van der Waals surface area contributed by atoms with E-state index in [0.29, 0.717) is 42.3 Å². The zero-order valence-electron chi connectivity index (χ0n) is 16.3. The zero-order valence-corrected chi connectivity index (χ0v) is 17.1.